The highest BCUT2D eigenvalue weighted by atomic mass is 79.9. The summed E-state index contributed by atoms with van der Waals surface area (Å²) in [6, 6.07) is 13.2. The zero-order chi connectivity index (χ0) is 14.5. The van der Waals surface area contributed by atoms with Crippen LogP contribution in [-0.2, 0) is 4.79 Å². The van der Waals surface area contributed by atoms with Gasteiger partial charge >= 0.3 is 5.97 Å². The van der Waals surface area contributed by atoms with Gasteiger partial charge in [-0.2, -0.15) is 0 Å². The first-order valence-electron chi connectivity index (χ1n) is 6.00. The molecule has 102 valence electrons. The van der Waals surface area contributed by atoms with Crippen LogP contribution in [0, 0.1) is 6.92 Å². The summed E-state index contributed by atoms with van der Waals surface area (Å²) in [5.41, 5.74) is 1.84. The zero-order valence-electron chi connectivity index (χ0n) is 10.8. The third kappa shape index (κ3) is 3.71. The lowest BCUT2D eigenvalue weighted by Crippen LogP contribution is -1.89. The van der Waals surface area contributed by atoms with Crippen molar-refractivity contribution in [3.05, 3.63) is 64.1 Å². The predicted molar refractivity (Wildman–Crippen MR) is 82.1 cm³/mol. The highest BCUT2D eigenvalue weighted by molar-refractivity contribution is 9.10. The second-order valence-corrected chi connectivity index (χ2v) is 5.08. The SMILES string of the molecule is Cc1ccccc1Oc1ccc(/C=C/C(=O)O)c(Br)c1. The van der Waals surface area contributed by atoms with Gasteiger partial charge in [0.05, 0.1) is 0 Å². The molecule has 0 unspecified atom stereocenters. The summed E-state index contributed by atoms with van der Waals surface area (Å²) in [7, 11) is 0. The molecule has 0 aliphatic rings. The van der Waals surface area contributed by atoms with E-state index in [1.54, 1.807) is 12.1 Å². The molecule has 0 radical (unpaired) electrons. The van der Waals surface area contributed by atoms with Crippen LogP contribution in [0.5, 0.6) is 11.5 Å². The molecule has 0 spiro atoms. The van der Waals surface area contributed by atoms with Crippen molar-refractivity contribution in [3.8, 4) is 11.5 Å². The van der Waals surface area contributed by atoms with E-state index in [4.69, 9.17) is 9.84 Å². The van der Waals surface area contributed by atoms with Crippen molar-refractivity contribution in [2.75, 3.05) is 0 Å². The molecular weight excluding hydrogens is 320 g/mol. The van der Waals surface area contributed by atoms with Crippen molar-refractivity contribution >= 4 is 28.0 Å². The first-order valence-corrected chi connectivity index (χ1v) is 6.79. The minimum atomic E-state index is -0.975. The fourth-order valence-corrected chi connectivity index (χ4v) is 2.16. The highest BCUT2D eigenvalue weighted by Crippen LogP contribution is 2.29. The number of halogens is 1. The lowest BCUT2D eigenvalue weighted by atomic mass is 10.2. The Morgan fingerprint density at radius 2 is 2.00 bits per heavy atom. The van der Waals surface area contributed by atoms with Crippen molar-refractivity contribution in [1.82, 2.24) is 0 Å². The average molecular weight is 333 g/mol. The Bertz CT molecular complexity index is 663. The van der Waals surface area contributed by atoms with E-state index in [1.165, 1.54) is 6.08 Å². The Labute approximate surface area is 125 Å². The number of carboxylic acids is 1. The van der Waals surface area contributed by atoms with Gasteiger partial charge in [-0.3, -0.25) is 0 Å². The van der Waals surface area contributed by atoms with Crippen molar-refractivity contribution in [3.63, 3.8) is 0 Å². The molecule has 0 heterocycles. The molecule has 2 aromatic rings. The van der Waals surface area contributed by atoms with Gasteiger partial charge in [0.1, 0.15) is 11.5 Å². The standard InChI is InChI=1S/C16H13BrO3/c1-11-4-2-3-5-15(11)20-13-8-6-12(14(17)10-13)7-9-16(18)19/h2-10H,1H3,(H,18,19)/b9-7+. The summed E-state index contributed by atoms with van der Waals surface area (Å²) in [5.74, 6) is 0.518. The number of ether oxygens (including phenoxy) is 1. The second kappa shape index (κ2) is 6.39. The number of hydrogen-bond donors (Lipinski definition) is 1. The fourth-order valence-electron chi connectivity index (χ4n) is 1.67. The molecule has 4 heteroatoms. The van der Waals surface area contributed by atoms with Crippen molar-refractivity contribution in [2.24, 2.45) is 0 Å². The minimum Gasteiger partial charge on any atom is -0.478 e. The van der Waals surface area contributed by atoms with Gasteiger partial charge in [-0.1, -0.05) is 40.2 Å². The van der Waals surface area contributed by atoms with Gasteiger partial charge in [0.2, 0.25) is 0 Å². The number of carbonyl (C=O) groups is 1. The normalized spacial score (nSPS) is 10.7. The van der Waals surface area contributed by atoms with E-state index >= 15 is 0 Å². The summed E-state index contributed by atoms with van der Waals surface area (Å²) in [5, 5.41) is 8.62. The summed E-state index contributed by atoms with van der Waals surface area (Å²) >= 11 is 3.40. The van der Waals surface area contributed by atoms with E-state index in [2.05, 4.69) is 15.9 Å². The quantitative estimate of drug-likeness (QED) is 0.829. The zero-order valence-corrected chi connectivity index (χ0v) is 12.4. The second-order valence-electron chi connectivity index (χ2n) is 4.22. The Kier molecular flexibility index (Phi) is 4.58. The molecule has 0 saturated heterocycles. The molecule has 0 aliphatic carbocycles. The molecule has 0 aliphatic heterocycles. The van der Waals surface area contributed by atoms with E-state index in [1.807, 2.05) is 37.3 Å². The van der Waals surface area contributed by atoms with Crippen LogP contribution in [0.1, 0.15) is 11.1 Å². The first kappa shape index (κ1) is 14.3. The number of rotatable bonds is 4. The van der Waals surface area contributed by atoms with Crippen LogP contribution in [0.2, 0.25) is 0 Å². The third-order valence-electron chi connectivity index (χ3n) is 2.70. The van der Waals surface area contributed by atoms with Gasteiger partial charge in [0.25, 0.3) is 0 Å². The number of benzene rings is 2. The van der Waals surface area contributed by atoms with Gasteiger partial charge < -0.3 is 9.84 Å². The van der Waals surface area contributed by atoms with Crippen LogP contribution in [0.3, 0.4) is 0 Å². The Hall–Kier alpha value is -2.07. The minimum absolute atomic E-state index is 0.693. The van der Waals surface area contributed by atoms with Crippen LogP contribution in [0.15, 0.2) is 53.0 Å². The Morgan fingerprint density at radius 3 is 2.65 bits per heavy atom. The number of carboxylic acid groups (broad SMARTS) is 1. The monoisotopic (exact) mass is 332 g/mol. The predicted octanol–water partition coefficient (Wildman–Crippen LogP) is 4.65. The van der Waals surface area contributed by atoms with Gasteiger partial charge in [-0.15, -0.1) is 0 Å². The van der Waals surface area contributed by atoms with Crippen LogP contribution < -0.4 is 4.74 Å². The lowest BCUT2D eigenvalue weighted by Gasteiger charge is -2.09. The molecule has 0 amide bonds. The molecule has 2 aromatic carbocycles. The largest absolute Gasteiger partial charge is 0.478 e. The Balaban J connectivity index is 2.21. The molecule has 3 nitrogen and oxygen atoms in total. The number of aryl methyl sites for hydroxylation is 1. The van der Waals surface area contributed by atoms with E-state index in [9.17, 15) is 4.79 Å². The van der Waals surface area contributed by atoms with Crippen LogP contribution in [0.25, 0.3) is 6.08 Å². The molecule has 0 saturated carbocycles. The molecule has 20 heavy (non-hydrogen) atoms. The van der Waals surface area contributed by atoms with Gasteiger partial charge in [0.15, 0.2) is 0 Å². The van der Waals surface area contributed by atoms with E-state index in [-0.39, 0.29) is 0 Å². The molecule has 1 N–H and O–H groups in total. The Morgan fingerprint density at radius 1 is 1.25 bits per heavy atom. The number of hydrogen-bond acceptors (Lipinski definition) is 2. The topological polar surface area (TPSA) is 46.5 Å². The van der Waals surface area contributed by atoms with E-state index < -0.39 is 5.97 Å². The highest BCUT2D eigenvalue weighted by Gasteiger charge is 2.03. The summed E-state index contributed by atoms with van der Waals surface area (Å²) in [6.45, 7) is 1.98. The smallest absolute Gasteiger partial charge is 0.328 e. The van der Waals surface area contributed by atoms with Crippen molar-refractivity contribution < 1.29 is 14.6 Å². The maximum absolute atomic E-state index is 10.5. The number of aliphatic carboxylic acids is 1. The summed E-state index contributed by atoms with van der Waals surface area (Å²) in [6.07, 6.45) is 2.63. The molecule has 0 fully saturated rings. The fraction of sp³-hybridized carbons (Fsp3) is 0.0625. The third-order valence-corrected chi connectivity index (χ3v) is 3.39. The van der Waals surface area contributed by atoms with E-state index in [0.29, 0.717) is 5.75 Å². The van der Waals surface area contributed by atoms with Crippen LogP contribution in [0.4, 0.5) is 0 Å². The van der Waals surface area contributed by atoms with Gasteiger partial charge in [0, 0.05) is 10.5 Å². The molecule has 0 bridgehead atoms. The molecule has 2 rings (SSSR count). The maximum atomic E-state index is 10.5. The number of para-hydroxylation sites is 1. The van der Waals surface area contributed by atoms with Crippen LogP contribution in [-0.4, -0.2) is 11.1 Å². The van der Waals surface area contributed by atoms with Gasteiger partial charge in [-0.25, -0.2) is 4.79 Å². The molecular formula is C16H13BrO3. The average Bonchev–Trinajstić information content (AvgIpc) is 2.40. The molecule has 0 atom stereocenters. The first-order chi connectivity index (χ1) is 9.56. The molecule has 0 aromatic heterocycles. The van der Waals surface area contributed by atoms with Gasteiger partial charge in [-0.05, 0) is 42.3 Å². The van der Waals surface area contributed by atoms with Crippen LogP contribution >= 0.6 is 15.9 Å². The van der Waals surface area contributed by atoms with Crippen molar-refractivity contribution in [1.29, 1.82) is 0 Å². The summed E-state index contributed by atoms with van der Waals surface area (Å²) in [4.78, 5) is 10.5. The van der Waals surface area contributed by atoms with E-state index in [0.717, 1.165) is 27.4 Å². The van der Waals surface area contributed by atoms with Crippen molar-refractivity contribution in [2.45, 2.75) is 6.92 Å². The maximum Gasteiger partial charge on any atom is 0.328 e. The summed E-state index contributed by atoms with van der Waals surface area (Å²) < 4.78 is 6.58. The lowest BCUT2D eigenvalue weighted by molar-refractivity contribution is -0.131.